The number of nitrogens with one attached hydrogen (secondary N) is 2. The van der Waals surface area contributed by atoms with Crippen molar-refractivity contribution in [1.82, 2.24) is 5.32 Å². The molecule has 2 N–H and O–H groups in total. The Morgan fingerprint density at radius 3 is 2.14 bits per heavy atom. The SMILES string of the molecule is CC(C)C(NC(=O)c1c(F)cccc1F)C(=O)Nc1ccc(Cl)c(C(F)(F)F)c1. The Labute approximate surface area is 168 Å². The zero-order valence-corrected chi connectivity index (χ0v) is 16.0. The molecule has 0 spiro atoms. The van der Waals surface area contributed by atoms with Crippen molar-refractivity contribution in [1.29, 1.82) is 0 Å². The summed E-state index contributed by atoms with van der Waals surface area (Å²) in [6.07, 6.45) is -4.73. The number of alkyl halides is 3. The quantitative estimate of drug-likeness (QED) is 0.648. The van der Waals surface area contributed by atoms with Gasteiger partial charge in [0.05, 0.1) is 10.6 Å². The average molecular weight is 435 g/mol. The minimum Gasteiger partial charge on any atom is -0.340 e. The maximum Gasteiger partial charge on any atom is 0.417 e. The molecule has 0 aliphatic heterocycles. The van der Waals surface area contributed by atoms with E-state index in [9.17, 15) is 31.5 Å². The Kier molecular flexibility index (Phi) is 6.84. The van der Waals surface area contributed by atoms with Crippen LogP contribution in [-0.4, -0.2) is 17.9 Å². The number of rotatable bonds is 5. The number of halogens is 6. The first kappa shape index (κ1) is 22.6. The van der Waals surface area contributed by atoms with Crippen LogP contribution in [0.5, 0.6) is 0 Å². The minimum atomic E-state index is -4.73. The van der Waals surface area contributed by atoms with Gasteiger partial charge in [0.15, 0.2) is 0 Å². The highest BCUT2D eigenvalue weighted by molar-refractivity contribution is 6.31. The molecule has 0 bridgehead atoms. The van der Waals surface area contributed by atoms with Crippen molar-refractivity contribution in [2.24, 2.45) is 5.92 Å². The topological polar surface area (TPSA) is 58.2 Å². The summed E-state index contributed by atoms with van der Waals surface area (Å²) in [5, 5.41) is 3.92. The van der Waals surface area contributed by atoms with Crippen LogP contribution in [0.25, 0.3) is 0 Å². The van der Waals surface area contributed by atoms with Crippen molar-refractivity contribution in [3.8, 4) is 0 Å². The van der Waals surface area contributed by atoms with Crippen LogP contribution >= 0.6 is 11.6 Å². The predicted molar refractivity (Wildman–Crippen MR) is 97.5 cm³/mol. The molecule has 1 unspecified atom stereocenters. The van der Waals surface area contributed by atoms with Crippen LogP contribution < -0.4 is 10.6 Å². The van der Waals surface area contributed by atoms with Crippen LogP contribution in [0.3, 0.4) is 0 Å². The minimum absolute atomic E-state index is 0.205. The van der Waals surface area contributed by atoms with Gasteiger partial charge in [-0.1, -0.05) is 31.5 Å². The molecule has 0 saturated carbocycles. The zero-order chi connectivity index (χ0) is 21.9. The van der Waals surface area contributed by atoms with E-state index >= 15 is 0 Å². The van der Waals surface area contributed by atoms with Gasteiger partial charge in [-0.25, -0.2) is 8.78 Å². The summed E-state index contributed by atoms with van der Waals surface area (Å²) >= 11 is 5.54. The van der Waals surface area contributed by atoms with E-state index in [1.54, 1.807) is 13.8 Å². The molecule has 1 atom stereocenters. The third kappa shape index (κ3) is 5.44. The highest BCUT2D eigenvalue weighted by atomic mass is 35.5. The van der Waals surface area contributed by atoms with Gasteiger partial charge in [-0.05, 0) is 36.2 Å². The van der Waals surface area contributed by atoms with Gasteiger partial charge >= 0.3 is 6.18 Å². The standard InChI is InChI=1S/C19H16ClF5N2O2/c1-9(2)16(27-17(28)15-13(21)4-3-5-14(15)22)18(29)26-10-6-7-12(20)11(8-10)19(23,24)25/h3-9,16H,1-2H3,(H,26,29)(H,27,28). The van der Waals surface area contributed by atoms with Gasteiger partial charge in [0.25, 0.3) is 5.91 Å². The van der Waals surface area contributed by atoms with Gasteiger partial charge in [0.2, 0.25) is 5.91 Å². The molecule has 2 amide bonds. The second kappa shape index (κ2) is 8.77. The van der Waals surface area contributed by atoms with E-state index in [1.165, 1.54) is 0 Å². The number of benzene rings is 2. The molecule has 0 aliphatic carbocycles. The monoisotopic (exact) mass is 434 g/mol. The molecule has 2 aromatic rings. The average Bonchev–Trinajstić information content (AvgIpc) is 2.59. The largest absolute Gasteiger partial charge is 0.417 e. The van der Waals surface area contributed by atoms with Crippen LogP contribution in [0.2, 0.25) is 5.02 Å². The fraction of sp³-hybridized carbons (Fsp3) is 0.263. The van der Waals surface area contributed by atoms with Crippen LogP contribution in [0.4, 0.5) is 27.6 Å². The molecule has 0 radical (unpaired) electrons. The molecular formula is C19H16ClF5N2O2. The Bertz CT molecular complexity index is 911. The van der Waals surface area contributed by atoms with Crippen molar-refractivity contribution in [3.05, 3.63) is 64.2 Å². The normalized spacial score (nSPS) is 12.6. The van der Waals surface area contributed by atoms with E-state index in [4.69, 9.17) is 11.6 Å². The first-order valence-corrected chi connectivity index (χ1v) is 8.72. The van der Waals surface area contributed by atoms with Crippen molar-refractivity contribution >= 4 is 29.1 Å². The second-order valence-electron chi connectivity index (χ2n) is 6.47. The Balaban J connectivity index is 2.24. The molecular weight excluding hydrogens is 419 g/mol. The lowest BCUT2D eigenvalue weighted by Gasteiger charge is -2.22. The number of amides is 2. The molecule has 0 aromatic heterocycles. The molecule has 0 saturated heterocycles. The van der Waals surface area contributed by atoms with E-state index in [1.807, 2.05) is 0 Å². The number of hydrogen-bond acceptors (Lipinski definition) is 2. The number of carbonyl (C=O) groups excluding carboxylic acids is 2. The molecule has 4 nitrogen and oxygen atoms in total. The van der Waals surface area contributed by atoms with E-state index in [0.717, 1.165) is 30.3 Å². The van der Waals surface area contributed by atoms with Crippen LogP contribution in [0.1, 0.15) is 29.8 Å². The predicted octanol–water partition coefficient (Wildman–Crippen LogP) is 5.03. The van der Waals surface area contributed by atoms with Crippen molar-refractivity contribution in [2.45, 2.75) is 26.1 Å². The lowest BCUT2D eigenvalue weighted by atomic mass is 10.0. The van der Waals surface area contributed by atoms with Crippen LogP contribution in [0.15, 0.2) is 36.4 Å². The first-order valence-electron chi connectivity index (χ1n) is 8.34. The van der Waals surface area contributed by atoms with Gasteiger partial charge in [-0.2, -0.15) is 13.2 Å². The van der Waals surface area contributed by atoms with E-state index in [2.05, 4.69) is 10.6 Å². The Hall–Kier alpha value is -2.68. The first-order chi connectivity index (χ1) is 13.4. The fourth-order valence-corrected chi connectivity index (χ4v) is 2.73. The van der Waals surface area contributed by atoms with Gasteiger partial charge < -0.3 is 10.6 Å². The third-order valence-corrected chi connectivity index (χ3v) is 4.29. The summed E-state index contributed by atoms with van der Waals surface area (Å²) in [4.78, 5) is 24.8. The van der Waals surface area contributed by atoms with Crippen molar-refractivity contribution in [2.75, 3.05) is 5.32 Å². The van der Waals surface area contributed by atoms with Gasteiger partial charge in [-0.3, -0.25) is 9.59 Å². The number of anilines is 1. The van der Waals surface area contributed by atoms with Crippen LogP contribution in [-0.2, 0) is 11.0 Å². The van der Waals surface area contributed by atoms with Crippen molar-refractivity contribution in [3.63, 3.8) is 0 Å². The lowest BCUT2D eigenvalue weighted by Crippen LogP contribution is -2.47. The number of carbonyl (C=O) groups is 2. The molecule has 2 rings (SSSR count). The molecule has 0 heterocycles. The maximum absolute atomic E-state index is 13.8. The second-order valence-corrected chi connectivity index (χ2v) is 6.88. The lowest BCUT2D eigenvalue weighted by molar-refractivity contribution is -0.137. The summed E-state index contributed by atoms with van der Waals surface area (Å²) in [5.41, 5.74) is -2.21. The molecule has 10 heteroatoms. The maximum atomic E-state index is 13.8. The van der Waals surface area contributed by atoms with E-state index < -0.39 is 57.7 Å². The molecule has 29 heavy (non-hydrogen) atoms. The summed E-state index contributed by atoms with van der Waals surface area (Å²) in [6.45, 7) is 3.09. The molecule has 0 fully saturated rings. The summed E-state index contributed by atoms with van der Waals surface area (Å²) in [7, 11) is 0. The van der Waals surface area contributed by atoms with E-state index in [-0.39, 0.29) is 5.69 Å². The van der Waals surface area contributed by atoms with Gasteiger partial charge in [0, 0.05) is 5.69 Å². The van der Waals surface area contributed by atoms with Gasteiger partial charge in [0.1, 0.15) is 23.2 Å². The summed E-state index contributed by atoms with van der Waals surface area (Å²) < 4.78 is 66.4. The fourth-order valence-electron chi connectivity index (χ4n) is 2.50. The number of hydrogen-bond donors (Lipinski definition) is 2. The zero-order valence-electron chi connectivity index (χ0n) is 15.2. The summed E-state index contributed by atoms with van der Waals surface area (Å²) in [6, 6.07) is 4.35. The smallest absolute Gasteiger partial charge is 0.340 e. The molecule has 0 aliphatic rings. The molecule has 156 valence electrons. The van der Waals surface area contributed by atoms with Gasteiger partial charge in [-0.15, -0.1) is 0 Å². The highest BCUT2D eigenvalue weighted by Crippen LogP contribution is 2.36. The van der Waals surface area contributed by atoms with E-state index in [0.29, 0.717) is 6.07 Å². The Morgan fingerprint density at radius 2 is 1.62 bits per heavy atom. The summed E-state index contributed by atoms with van der Waals surface area (Å²) in [5.74, 6) is -4.79. The van der Waals surface area contributed by atoms with Crippen LogP contribution in [0, 0.1) is 17.6 Å². The highest BCUT2D eigenvalue weighted by Gasteiger charge is 2.34. The molecule has 2 aromatic carbocycles. The third-order valence-electron chi connectivity index (χ3n) is 3.96. The van der Waals surface area contributed by atoms with Crippen molar-refractivity contribution < 1.29 is 31.5 Å². The Morgan fingerprint density at radius 1 is 1.03 bits per heavy atom.